The maximum atomic E-state index is 5.41. The van der Waals surface area contributed by atoms with Crippen LogP contribution in [0.3, 0.4) is 0 Å². The molecule has 1 aromatic heterocycles. The second kappa shape index (κ2) is 32.5. The zero-order chi connectivity index (χ0) is 39.4. The van der Waals surface area contributed by atoms with Crippen molar-refractivity contribution in [1.29, 1.82) is 0 Å². The van der Waals surface area contributed by atoms with E-state index in [0.717, 1.165) is 82.8 Å². The molecule has 0 N–H and O–H groups in total. The molecular weight excluding hydrogens is 769 g/mol. The molecule has 0 saturated heterocycles. The summed E-state index contributed by atoms with van der Waals surface area (Å²) in [6, 6.07) is 0. The smallest absolute Gasteiger partial charge is 0.231 e. The van der Waals surface area contributed by atoms with Crippen molar-refractivity contribution in [1.82, 2.24) is 15.0 Å². The van der Waals surface area contributed by atoms with Crippen molar-refractivity contribution in [2.75, 3.05) is 88.5 Å². The van der Waals surface area contributed by atoms with Crippen LogP contribution in [0.4, 0.5) is 17.8 Å². The summed E-state index contributed by atoms with van der Waals surface area (Å²) in [5.41, 5.74) is 0. The molecule has 0 amide bonds. The van der Waals surface area contributed by atoms with Gasteiger partial charge in [-0.1, -0.05) is 83.1 Å². The van der Waals surface area contributed by atoms with Gasteiger partial charge in [-0.3, -0.25) is 0 Å². The maximum Gasteiger partial charge on any atom is 0.231 e. The van der Waals surface area contributed by atoms with Gasteiger partial charge in [-0.05, 0) is 117 Å². The van der Waals surface area contributed by atoms with Crippen molar-refractivity contribution < 1.29 is 0 Å². The molecule has 0 unspecified atom stereocenters. The minimum absolute atomic E-state index is 0.656. The predicted octanol–water partition coefficient (Wildman–Crippen LogP) is 12.3. The predicted molar refractivity (Wildman–Crippen MR) is 259 cm³/mol. The Balaban J connectivity index is 3.59. The Kier molecular flexibility index (Phi) is 31.6. The molecule has 6 nitrogen and oxygen atoms in total. The van der Waals surface area contributed by atoms with Gasteiger partial charge < -0.3 is 14.7 Å². The Morgan fingerprint density at radius 1 is 0.302 bits per heavy atom. The van der Waals surface area contributed by atoms with Crippen LogP contribution in [0.1, 0.15) is 134 Å². The Labute approximate surface area is 355 Å². The molecular formula is C41H82N6S6. The Morgan fingerprint density at radius 2 is 0.491 bits per heavy atom. The summed E-state index contributed by atoms with van der Waals surface area (Å²) in [6.45, 7) is 33.7. The highest BCUT2D eigenvalue weighted by atomic mass is 32.2. The fourth-order valence-electron chi connectivity index (χ4n) is 5.45. The summed E-state index contributed by atoms with van der Waals surface area (Å²) >= 11 is 12.4. The van der Waals surface area contributed by atoms with E-state index in [-0.39, 0.29) is 0 Å². The minimum atomic E-state index is 0.656. The molecule has 0 atom stereocenters. The van der Waals surface area contributed by atoms with Crippen LogP contribution in [0.15, 0.2) is 0 Å². The molecule has 1 heterocycles. The van der Waals surface area contributed by atoms with Crippen molar-refractivity contribution >= 4 is 88.4 Å². The van der Waals surface area contributed by atoms with Crippen LogP contribution < -0.4 is 14.7 Å². The minimum Gasteiger partial charge on any atom is -0.341 e. The molecule has 0 aliphatic rings. The molecule has 0 aliphatic heterocycles. The van der Waals surface area contributed by atoms with Gasteiger partial charge in [-0.15, -0.1) is 0 Å². The largest absolute Gasteiger partial charge is 0.341 e. The molecule has 1 rings (SSSR count). The number of thioether (sulfide) groups is 6. The van der Waals surface area contributed by atoms with E-state index >= 15 is 0 Å². The van der Waals surface area contributed by atoms with Crippen molar-refractivity contribution in [3.05, 3.63) is 0 Å². The summed E-state index contributed by atoms with van der Waals surface area (Å²) in [5, 5.41) is 4.00. The number of rotatable bonds is 35. The number of anilines is 3. The molecule has 0 bridgehead atoms. The lowest BCUT2D eigenvalue weighted by molar-refractivity contribution is 0.652. The van der Waals surface area contributed by atoms with Gasteiger partial charge in [0.2, 0.25) is 17.8 Å². The fraction of sp³-hybridized carbons (Fsp3) is 0.927. The first-order valence-corrected chi connectivity index (χ1v) is 27.3. The van der Waals surface area contributed by atoms with E-state index in [1.54, 1.807) is 0 Å². The molecule has 0 aromatic carbocycles. The van der Waals surface area contributed by atoms with Gasteiger partial charge in [0, 0.05) is 39.3 Å². The molecule has 1 aromatic rings. The third kappa shape index (κ3) is 28.5. The Morgan fingerprint density at radius 3 is 0.698 bits per heavy atom. The second-order valence-corrected chi connectivity index (χ2v) is 25.6. The van der Waals surface area contributed by atoms with Crippen molar-refractivity contribution in [3.8, 4) is 0 Å². The van der Waals surface area contributed by atoms with E-state index < -0.39 is 0 Å². The standard InChI is InChI=1S/C41H82N6S6/c1-33(2)48-27-15-13-21-45(22-14-16-28-49-34(3)4)39-42-40(46(23-17-29-50-35(5)6)24-18-30-51-36(7)8)44-41(43-39)47(25-19-31-52-37(9)10)26-20-32-53-38(11)12/h33-38H,13-32H2,1-12H3. The van der Waals surface area contributed by atoms with E-state index in [9.17, 15) is 0 Å². The first-order chi connectivity index (χ1) is 25.3. The number of aromatic nitrogens is 3. The van der Waals surface area contributed by atoms with E-state index in [0.29, 0.717) is 31.5 Å². The molecule has 0 fully saturated rings. The van der Waals surface area contributed by atoms with Crippen LogP contribution in [-0.2, 0) is 0 Å². The number of hydrogen-bond acceptors (Lipinski definition) is 12. The van der Waals surface area contributed by atoms with Crippen molar-refractivity contribution in [3.63, 3.8) is 0 Å². The van der Waals surface area contributed by atoms with Gasteiger partial charge in [0.25, 0.3) is 0 Å². The summed E-state index contributed by atoms with van der Waals surface area (Å²) in [7, 11) is 0. The number of unbranched alkanes of at least 4 members (excludes halogenated alkanes) is 2. The average molecular weight is 852 g/mol. The van der Waals surface area contributed by atoms with Gasteiger partial charge in [0.1, 0.15) is 0 Å². The van der Waals surface area contributed by atoms with Crippen LogP contribution in [0, 0.1) is 0 Å². The second-order valence-electron chi connectivity index (χ2n) is 15.5. The van der Waals surface area contributed by atoms with E-state index in [1.165, 1.54) is 60.2 Å². The summed E-state index contributed by atoms with van der Waals surface area (Å²) in [6.07, 6.45) is 9.37. The van der Waals surface area contributed by atoms with Crippen LogP contribution in [0.25, 0.3) is 0 Å². The van der Waals surface area contributed by atoms with Crippen LogP contribution in [-0.4, -0.2) is 120 Å². The zero-order valence-corrected chi connectivity index (χ0v) is 41.1. The van der Waals surface area contributed by atoms with Gasteiger partial charge in [0.05, 0.1) is 0 Å². The highest BCUT2D eigenvalue weighted by molar-refractivity contribution is 8.00. The van der Waals surface area contributed by atoms with Crippen LogP contribution in [0.5, 0.6) is 0 Å². The molecule has 0 saturated carbocycles. The van der Waals surface area contributed by atoms with E-state index in [2.05, 4.69) is 168 Å². The van der Waals surface area contributed by atoms with Crippen LogP contribution in [0.2, 0.25) is 0 Å². The SMILES string of the molecule is CC(C)SCCCCN(CCCCSC(C)C)c1nc(N(CCCSC(C)C)CCCSC(C)C)nc(N(CCCSC(C)C)CCCSC(C)C)n1. The molecule has 312 valence electrons. The Bertz CT molecular complexity index is 895. The topological polar surface area (TPSA) is 48.4 Å². The average Bonchev–Trinajstić information content (AvgIpc) is 3.08. The first kappa shape index (κ1) is 51.5. The lowest BCUT2D eigenvalue weighted by atomic mass is 10.2. The lowest BCUT2D eigenvalue weighted by Crippen LogP contribution is -2.35. The van der Waals surface area contributed by atoms with Crippen LogP contribution >= 0.6 is 70.6 Å². The number of nitrogens with zero attached hydrogens (tertiary/aromatic N) is 6. The van der Waals surface area contributed by atoms with Crippen molar-refractivity contribution in [2.45, 2.75) is 166 Å². The maximum absolute atomic E-state index is 5.41. The third-order valence-corrected chi connectivity index (χ3v) is 15.2. The summed E-state index contributed by atoms with van der Waals surface area (Å²) < 4.78 is 0. The zero-order valence-electron chi connectivity index (χ0n) is 36.2. The van der Waals surface area contributed by atoms with Gasteiger partial charge in [0.15, 0.2) is 0 Å². The van der Waals surface area contributed by atoms with E-state index in [4.69, 9.17) is 15.0 Å². The van der Waals surface area contributed by atoms with Gasteiger partial charge >= 0.3 is 0 Å². The Hall–Kier alpha value is 0.510. The normalized spacial score (nSPS) is 12.1. The number of hydrogen-bond donors (Lipinski definition) is 0. The van der Waals surface area contributed by atoms with Gasteiger partial charge in [-0.25, -0.2) is 0 Å². The molecule has 53 heavy (non-hydrogen) atoms. The molecule has 0 spiro atoms. The molecule has 12 heteroatoms. The van der Waals surface area contributed by atoms with E-state index in [1.807, 2.05) is 0 Å². The monoisotopic (exact) mass is 850 g/mol. The van der Waals surface area contributed by atoms with Gasteiger partial charge in [-0.2, -0.15) is 85.5 Å². The van der Waals surface area contributed by atoms with Crippen molar-refractivity contribution in [2.24, 2.45) is 0 Å². The first-order valence-electron chi connectivity index (χ1n) is 21.0. The lowest BCUT2D eigenvalue weighted by Gasteiger charge is -2.30. The quantitative estimate of drug-likeness (QED) is 0.0611. The fourth-order valence-corrected chi connectivity index (χ4v) is 10.2. The third-order valence-electron chi connectivity index (χ3n) is 8.09. The summed E-state index contributed by atoms with van der Waals surface area (Å²) in [5.74, 6) is 9.79. The highest BCUT2D eigenvalue weighted by Gasteiger charge is 2.21. The highest BCUT2D eigenvalue weighted by Crippen LogP contribution is 2.25. The summed E-state index contributed by atoms with van der Waals surface area (Å²) in [4.78, 5) is 23.8. The molecule has 0 aliphatic carbocycles. The molecule has 0 radical (unpaired) electrons.